The van der Waals surface area contributed by atoms with Crippen LogP contribution in [0.2, 0.25) is 0 Å². The van der Waals surface area contributed by atoms with E-state index in [1.807, 2.05) is 23.6 Å². The van der Waals surface area contributed by atoms with E-state index < -0.39 is 0 Å². The standard InChI is InChI=1S/C17H17N3O3S/c1-22-11-6-7-12-13(10-11)16(17-18-8-9-24-17)20-19-14(12)4-3-5-15(21)23-2/h6-10H,3-5H2,1-2H3. The van der Waals surface area contributed by atoms with Crippen LogP contribution in [-0.2, 0) is 16.0 Å². The summed E-state index contributed by atoms with van der Waals surface area (Å²) in [5.74, 6) is 0.544. The maximum absolute atomic E-state index is 11.3. The lowest BCUT2D eigenvalue weighted by atomic mass is 10.0. The summed E-state index contributed by atoms with van der Waals surface area (Å²) in [7, 11) is 3.03. The third kappa shape index (κ3) is 3.35. The summed E-state index contributed by atoms with van der Waals surface area (Å²) in [6.07, 6.45) is 3.43. The van der Waals surface area contributed by atoms with Crippen LogP contribution in [0.25, 0.3) is 21.5 Å². The van der Waals surface area contributed by atoms with Crippen molar-refractivity contribution >= 4 is 28.1 Å². The van der Waals surface area contributed by atoms with Crippen LogP contribution in [0.15, 0.2) is 29.8 Å². The summed E-state index contributed by atoms with van der Waals surface area (Å²) in [5, 5.41) is 13.4. The predicted molar refractivity (Wildman–Crippen MR) is 92.2 cm³/mol. The SMILES string of the molecule is COC(=O)CCCc1nnc(-c2nccs2)c2cc(OC)ccc12. The smallest absolute Gasteiger partial charge is 0.305 e. The number of hydrogen-bond acceptors (Lipinski definition) is 7. The van der Waals surface area contributed by atoms with E-state index in [9.17, 15) is 4.79 Å². The van der Waals surface area contributed by atoms with Crippen LogP contribution in [0.4, 0.5) is 0 Å². The highest BCUT2D eigenvalue weighted by Gasteiger charge is 2.14. The zero-order chi connectivity index (χ0) is 16.9. The lowest BCUT2D eigenvalue weighted by molar-refractivity contribution is -0.140. The van der Waals surface area contributed by atoms with Gasteiger partial charge < -0.3 is 9.47 Å². The van der Waals surface area contributed by atoms with Crippen LogP contribution >= 0.6 is 11.3 Å². The molecule has 2 heterocycles. The second-order valence-electron chi connectivity index (χ2n) is 5.17. The van der Waals surface area contributed by atoms with Crippen molar-refractivity contribution < 1.29 is 14.3 Å². The van der Waals surface area contributed by atoms with Gasteiger partial charge in [-0.1, -0.05) is 0 Å². The van der Waals surface area contributed by atoms with Gasteiger partial charge in [0.1, 0.15) is 16.5 Å². The molecule has 0 saturated carbocycles. The van der Waals surface area contributed by atoms with Crippen LogP contribution in [0.3, 0.4) is 0 Å². The molecule has 0 N–H and O–H groups in total. The highest BCUT2D eigenvalue weighted by Crippen LogP contribution is 2.32. The van der Waals surface area contributed by atoms with Gasteiger partial charge in [0.25, 0.3) is 0 Å². The Balaban J connectivity index is 2.00. The minimum Gasteiger partial charge on any atom is -0.497 e. The number of benzene rings is 1. The molecule has 0 aliphatic heterocycles. The lowest BCUT2D eigenvalue weighted by Gasteiger charge is -2.09. The largest absolute Gasteiger partial charge is 0.497 e. The Bertz CT molecular complexity index is 850. The van der Waals surface area contributed by atoms with Gasteiger partial charge in [0, 0.05) is 28.8 Å². The van der Waals surface area contributed by atoms with Gasteiger partial charge >= 0.3 is 5.97 Å². The number of carbonyl (C=O) groups is 1. The molecule has 124 valence electrons. The Kier molecular flexibility index (Phi) is 5.00. The first-order valence-corrected chi connectivity index (χ1v) is 8.41. The molecule has 6 nitrogen and oxygen atoms in total. The number of rotatable bonds is 6. The summed E-state index contributed by atoms with van der Waals surface area (Å²) in [6.45, 7) is 0. The molecule has 0 bridgehead atoms. The van der Waals surface area contributed by atoms with Gasteiger partial charge in [-0.15, -0.1) is 16.4 Å². The minimum atomic E-state index is -0.215. The maximum Gasteiger partial charge on any atom is 0.305 e. The summed E-state index contributed by atoms with van der Waals surface area (Å²) in [6, 6.07) is 5.83. The van der Waals surface area contributed by atoms with Gasteiger partial charge in [-0.25, -0.2) is 4.98 Å². The molecule has 7 heteroatoms. The monoisotopic (exact) mass is 343 g/mol. The van der Waals surface area contributed by atoms with Gasteiger partial charge in [0.15, 0.2) is 0 Å². The normalized spacial score (nSPS) is 10.8. The first-order valence-electron chi connectivity index (χ1n) is 7.53. The fraction of sp³-hybridized carbons (Fsp3) is 0.294. The van der Waals surface area contributed by atoms with Crippen molar-refractivity contribution in [2.75, 3.05) is 14.2 Å². The van der Waals surface area contributed by atoms with Crippen molar-refractivity contribution in [3.05, 3.63) is 35.5 Å². The number of ether oxygens (including phenoxy) is 2. The summed E-state index contributed by atoms with van der Waals surface area (Å²) < 4.78 is 10.0. The van der Waals surface area contributed by atoms with E-state index in [4.69, 9.17) is 4.74 Å². The number of carbonyl (C=O) groups excluding carboxylic acids is 1. The molecule has 0 saturated heterocycles. The summed E-state index contributed by atoms with van der Waals surface area (Å²) >= 11 is 1.52. The Morgan fingerprint density at radius 3 is 2.79 bits per heavy atom. The van der Waals surface area contributed by atoms with Crippen LogP contribution < -0.4 is 4.74 Å². The second kappa shape index (κ2) is 7.35. The molecule has 3 rings (SSSR count). The first-order chi connectivity index (χ1) is 11.7. The summed E-state index contributed by atoms with van der Waals surface area (Å²) in [4.78, 5) is 15.6. The van der Waals surface area contributed by atoms with Crippen molar-refractivity contribution in [1.82, 2.24) is 15.2 Å². The van der Waals surface area contributed by atoms with Crippen molar-refractivity contribution in [1.29, 1.82) is 0 Å². The van der Waals surface area contributed by atoms with E-state index in [0.29, 0.717) is 19.3 Å². The number of hydrogen-bond donors (Lipinski definition) is 0. The molecule has 2 aromatic heterocycles. The van der Waals surface area contributed by atoms with E-state index in [0.717, 1.165) is 32.9 Å². The topological polar surface area (TPSA) is 74.2 Å². The third-order valence-electron chi connectivity index (χ3n) is 3.72. The Hall–Kier alpha value is -2.54. The van der Waals surface area contributed by atoms with Crippen LogP contribution in [0.1, 0.15) is 18.5 Å². The highest BCUT2D eigenvalue weighted by molar-refractivity contribution is 7.13. The molecule has 0 aliphatic rings. The molecule has 0 atom stereocenters. The Morgan fingerprint density at radius 1 is 1.21 bits per heavy atom. The van der Waals surface area contributed by atoms with Crippen LogP contribution in [-0.4, -0.2) is 35.4 Å². The van der Waals surface area contributed by atoms with E-state index >= 15 is 0 Å². The molecule has 24 heavy (non-hydrogen) atoms. The second-order valence-corrected chi connectivity index (χ2v) is 6.07. The number of methoxy groups -OCH3 is 2. The lowest BCUT2D eigenvalue weighted by Crippen LogP contribution is -2.03. The zero-order valence-corrected chi connectivity index (χ0v) is 14.3. The average molecular weight is 343 g/mol. The van der Waals surface area contributed by atoms with Gasteiger partial charge in [0.2, 0.25) is 0 Å². The van der Waals surface area contributed by atoms with E-state index in [1.54, 1.807) is 13.3 Å². The van der Waals surface area contributed by atoms with Crippen LogP contribution in [0, 0.1) is 0 Å². The fourth-order valence-electron chi connectivity index (χ4n) is 2.50. The number of fused-ring (bicyclic) bond motifs is 1. The first kappa shape index (κ1) is 16.3. The van der Waals surface area contributed by atoms with Crippen molar-refractivity contribution in [3.8, 4) is 16.5 Å². The third-order valence-corrected chi connectivity index (χ3v) is 4.50. The molecule has 0 spiro atoms. The summed E-state index contributed by atoms with van der Waals surface area (Å²) in [5.41, 5.74) is 1.60. The van der Waals surface area contributed by atoms with Gasteiger partial charge in [0.05, 0.1) is 19.9 Å². The molecule has 1 aromatic carbocycles. The fourth-order valence-corrected chi connectivity index (χ4v) is 3.14. The predicted octanol–water partition coefficient (Wildman–Crippen LogP) is 3.26. The van der Waals surface area contributed by atoms with Gasteiger partial charge in [-0.3, -0.25) is 4.79 Å². The van der Waals surface area contributed by atoms with Crippen molar-refractivity contribution in [2.45, 2.75) is 19.3 Å². The van der Waals surface area contributed by atoms with E-state index in [-0.39, 0.29) is 5.97 Å². The molecule has 0 radical (unpaired) electrons. The number of thiazole rings is 1. The molecule has 0 aliphatic carbocycles. The van der Waals surface area contributed by atoms with Crippen molar-refractivity contribution in [3.63, 3.8) is 0 Å². The molecular formula is C17H17N3O3S. The number of nitrogens with zero attached hydrogens (tertiary/aromatic N) is 3. The van der Waals surface area contributed by atoms with Gasteiger partial charge in [-0.2, -0.15) is 5.10 Å². The zero-order valence-electron chi connectivity index (χ0n) is 13.5. The molecule has 3 aromatic rings. The minimum absolute atomic E-state index is 0.215. The van der Waals surface area contributed by atoms with Crippen molar-refractivity contribution in [2.24, 2.45) is 0 Å². The Labute approximate surface area is 143 Å². The Morgan fingerprint density at radius 2 is 2.08 bits per heavy atom. The number of esters is 1. The molecule has 0 fully saturated rings. The van der Waals surface area contributed by atoms with Gasteiger partial charge in [-0.05, 0) is 31.0 Å². The number of aromatic nitrogens is 3. The maximum atomic E-state index is 11.3. The highest BCUT2D eigenvalue weighted by atomic mass is 32.1. The van der Waals surface area contributed by atoms with Crippen LogP contribution in [0.5, 0.6) is 5.75 Å². The molecule has 0 unspecified atom stereocenters. The van der Waals surface area contributed by atoms with E-state index in [2.05, 4.69) is 19.9 Å². The molecule has 0 amide bonds. The molecular weight excluding hydrogens is 326 g/mol. The number of aryl methyl sites for hydroxylation is 1. The average Bonchev–Trinajstić information content (AvgIpc) is 3.15. The quantitative estimate of drug-likeness (QED) is 0.640. The van der Waals surface area contributed by atoms with E-state index in [1.165, 1.54) is 18.4 Å².